The van der Waals surface area contributed by atoms with Crippen LogP contribution in [0.5, 0.6) is 5.75 Å². The predicted octanol–water partition coefficient (Wildman–Crippen LogP) is 2.30. The first kappa shape index (κ1) is 11.9. The molecule has 1 aromatic rings. The number of oxime groups is 1. The van der Waals surface area contributed by atoms with Gasteiger partial charge in [-0.1, -0.05) is 17.3 Å². The summed E-state index contributed by atoms with van der Waals surface area (Å²) in [6.45, 7) is 4.06. The first-order chi connectivity index (χ1) is 8.29. The maximum Gasteiger partial charge on any atom is 0.119 e. The average molecular weight is 235 g/mol. The van der Waals surface area contributed by atoms with Gasteiger partial charge in [0.2, 0.25) is 0 Å². The minimum Gasteiger partial charge on any atom is -0.493 e. The van der Waals surface area contributed by atoms with E-state index < -0.39 is 0 Å². The Balaban J connectivity index is 1.96. The third kappa shape index (κ3) is 3.20. The highest BCUT2D eigenvalue weighted by molar-refractivity contribution is 5.98. The van der Waals surface area contributed by atoms with E-state index in [4.69, 9.17) is 14.7 Å². The highest BCUT2D eigenvalue weighted by atomic mass is 16.5. The normalized spacial score (nSPS) is 20.5. The molecular formula is C13H17NO3. The van der Waals surface area contributed by atoms with Crippen LogP contribution < -0.4 is 4.74 Å². The maximum atomic E-state index is 8.71. The van der Waals surface area contributed by atoms with Crippen molar-refractivity contribution in [3.63, 3.8) is 0 Å². The standard InChI is InChI=1S/C13H17NO3/c1-10(14-15)12-3-2-4-13(7-12)17-9-11-5-6-16-8-11/h2-4,7,11,15H,5-6,8-9H2,1H3. The van der Waals surface area contributed by atoms with Crippen LogP contribution >= 0.6 is 0 Å². The van der Waals surface area contributed by atoms with Gasteiger partial charge in [-0.25, -0.2) is 0 Å². The van der Waals surface area contributed by atoms with Crippen LogP contribution in [0, 0.1) is 5.92 Å². The zero-order valence-corrected chi connectivity index (χ0v) is 9.93. The van der Waals surface area contributed by atoms with E-state index in [2.05, 4.69) is 5.16 Å². The number of benzene rings is 1. The Morgan fingerprint density at radius 2 is 2.47 bits per heavy atom. The molecule has 0 saturated carbocycles. The summed E-state index contributed by atoms with van der Waals surface area (Å²) < 4.78 is 11.0. The largest absolute Gasteiger partial charge is 0.493 e. The molecule has 1 aliphatic rings. The molecule has 92 valence electrons. The lowest BCUT2D eigenvalue weighted by atomic mass is 10.1. The Kier molecular flexibility index (Phi) is 3.98. The fourth-order valence-corrected chi connectivity index (χ4v) is 1.80. The molecule has 1 aliphatic heterocycles. The van der Waals surface area contributed by atoms with E-state index in [1.807, 2.05) is 24.3 Å². The van der Waals surface area contributed by atoms with Gasteiger partial charge in [0, 0.05) is 18.1 Å². The summed E-state index contributed by atoms with van der Waals surface area (Å²) in [5, 5.41) is 11.9. The SMILES string of the molecule is CC(=NO)c1cccc(OCC2CCOC2)c1. The Morgan fingerprint density at radius 1 is 1.59 bits per heavy atom. The van der Waals surface area contributed by atoms with Crippen molar-refractivity contribution in [1.82, 2.24) is 0 Å². The molecule has 0 aromatic heterocycles. The summed E-state index contributed by atoms with van der Waals surface area (Å²) in [6, 6.07) is 7.57. The summed E-state index contributed by atoms with van der Waals surface area (Å²) >= 11 is 0. The third-order valence-corrected chi connectivity index (χ3v) is 2.91. The molecule has 4 nitrogen and oxygen atoms in total. The second-order valence-electron chi connectivity index (χ2n) is 4.25. The van der Waals surface area contributed by atoms with Crippen LogP contribution in [-0.2, 0) is 4.74 Å². The Hall–Kier alpha value is -1.55. The van der Waals surface area contributed by atoms with Gasteiger partial charge in [0.15, 0.2) is 0 Å². The summed E-state index contributed by atoms with van der Waals surface area (Å²) in [7, 11) is 0. The van der Waals surface area contributed by atoms with Gasteiger partial charge in [0.25, 0.3) is 0 Å². The van der Waals surface area contributed by atoms with E-state index in [9.17, 15) is 0 Å². The van der Waals surface area contributed by atoms with E-state index in [0.717, 1.165) is 30.9 Å². The van der Waals surface area contributed by atoms with Crippen molar-refractivity contribution >= 4 is 5.71 Å². The summed E-state index contributed by atoms with van der Waals surface area (Å²) in [4.78, 5) is 0. The lowest BCUT2D eigenvalue weighted by Gasteiger charge is -2.11. The van der Waals surface area contributed by atoms with Crippen LogP contribution in [0.3, 0.4) is 0 Å². The van der Waals surface area contributed by atoms with Gasteiger partial charge in [0.1, 0.15) is 5.75 Å². The van der Waals surface area contributed by atoms with Crippen LogP contribution in [0.4, 0.5) is 0 Å². The monoisotopic (exact) mass is 235 g/mol. The second kappa shape index (κ2) is 5.68. The molecule has 0 radical (unpaired) electrons. The van der Waals surface area contributed by atoms with E-state index in [-0.39, 0.29) is 0 Å². The Morgan fingerprint density at radius 3 is 3.18 bits per heavy atom. The minimum atomic E-state index is 0.492. The third-order valence-electron chi connectivity index (χ3n) is 2.91. The molecule has 4 heteroatoms. The second-order valence-corrected chi connectivity index (χ2v) is 4.25. The molecule has 1 fully saturated rings. The van der Waals surface area contributed by atoms with Gasteiger partial charge in [-0.2, -0.15) is 0 Å². The van der Waals surface area contributed by atoms with E-state index >= 15 is 0 Å². The minimum absolute atomic E-state index is 0.492. The van der Waals surface area contributed by atoms with Gasteiger partial charge < -0.3 is 14.7 Å². The highest BCUT2D eigenvalue weighted by Gasteiger charge is 2.16. The molecule has 17 heavy (non-hydrogen) atoms. The van der Waals surface area contributed by atoms with Crippen molar-refractivity contribution in [3.05, 3.63) is 29.8 Å². The predicted molar refractivity (Wildman–Crippen MR) is 64.9 cm³/mol. The van der Waals surface area contributed by atoms with Gasteiger partial charge in [-0.15, -0.1) is 0 Å². The number of hydrogen-bond acceptors (Lipinski definition) is 4. The number of rotatable bonds is 4. The van der Waals surface area contributed by atoms with Gasteiger partial charge in [-0.3, -0.25) is 0 Å². The first-order valence-electron chi connectivity index (χ1n) is 5.79. The smallest absolute Gasteiger partial charge is 0.119 e. The lowest BCUT2D eigenvalue weighted by Crippen LogP contribution is -2.11. The first-order valence-corrected chi connectivity index (χ1v) is 5.79. The maximum absolute atomic E-state index is 8.71. The van der Waals surface area contributed by atoms with Crippen molar-refractivity contribution in [2.24, 2.45) is 11.1 Å². The van der Waals surface area contributed by atoms with Crippen molar-refractivity contribution in [2.75, 3.05) is 19.8 Å². The molecule has 0 bridgehead atoms. The zero-order valence-electron chi connectivity index (χ0n) is 9.93. The van der Waals surface area contributed by atoms with Crippen molar-refractivity contribution in [2.45, 2.75) is 13.3 Å². The Labute approximate surface area is 101 Å². The lowest BCUT2D eigenvalue weighted by molar-refractivity contribution is 0.167. The topological polar surface area (TPSA) is 51.1 Å². The van der Waals surface area contributed by atoms with Crippen molar-refractivity contribution in [1.29, 1.82) is 0 Å². The molecule has 1 atom stereocenters. The summed E-state index contributed by atoms with van der Waals surface area (Å²) in [5.74, 6) is 1.30. The van der Waals surface area contributed by atoms with Gasteiger partial charge >= 0.3 is 0 Å². The molecule has 2 rings (SSSR count). The molecule has 0 amide bonds. The van der Waals surface area contributed by atoms with Crippen LogP contribution in [0.1, 0.15) is 18.9 Å². The quantitative estimate of drug-likeness (QED) is 0.495. The fourth-order valence-electron chi connectivity index (χ4n) is 1.80. The average Bonchev–Trinajstić information content (AvgIpc) is 2.89. The summed E-state index contributed by atoms with van der Waals surface area (Å²) in [6.07, 6.45) is 1.07. The van der Waals surface area contributed by atoms with Gasteiger partial charge in [-0.05, 0) is 25.5 Å². The van der Waals surface area contributed by atoms with Crippen LogP contribution in [-0.4, -0.2) is 30.7 Å². The van der Waals surface area contributed by atoms with Crippen LogP contribution in [0.2, 0.25) is 0 Å². The summed E-state index contributed by atoms with van der Waals surface area (Å²) in [5.41, 5.74) is 1.45. The highest BCUT2D eigenvalue weighted by Crippen LogP contribution is 2.18. The number of ether oxygens (including phenoxy) is 2. The zero-order chi connectivity index (χ0) is 12.1. The van der Waals surface area contributed by atoms with E-state index in [0.29, 0.717) is 18.2 Å². The molecule has 1 N–H and O–H groups in total. The van der Waals surface area contributed by atoms with E-state index in [1.54, 1.807) is 6.92 Å². The van der Waals surface area contributed by atoms with Crippen LogP contribution in [0.25, 0.3) is 0 Å². The molecular weight excluding hydrogens is 218 g/mol. The van der Waals surface area contributed by atoms with E-state index in [1.165, 1.54) is 0 Å². The molecule has 1 unspecified atom stereocenters. The number of nitrogens with zero attached hydrogens (tertiary/aromatic N) is 1. The molecule has 0 aliphatic carbocycles. The molecule has 1 aromatic carbocycles. The molecule has 1 heterocycles. The molecule has 0 spiro atoms. The molecule has 1 saturated heterocycles. The number of hydrogen-bond donors (Lipinski definition) is 1. The van der Waals surface area contributed by atoms with Crippen LogP contribution in [0.15, 0.2) is 29.4 Å². The van der Waals surface area contributed by atoms with Gasteiger partial charge in [0.05, 0.1) is 18.9 Å². The fraction of sp³-hybridized carbons (Fsp3) is 0.462. The van der Waals surface area contributed by atoms with Crippen molar-refractivity contribution in [3.8, 4) is 5.75 Å². The Bertz CT molecular complexity index is 397. The van der Waals surface area contributed by atoms with Crippen molar-refractivity contribution < 1.29 is 14.7 Å².